The van der Waals surface area contributed by atoms with Crippen LogP contribution in [0.2, 0.25) is 0 Å². The van der Waals surface area contributed by atoms with Gasteiger partial charge in [0.1, 0.15) is 5.54 Å². The highest BCUT2D eigenvalue weighted by Gasteiger charge is 2.48. The number of hydrogen-bond acceptors (Lipinski definition) is 5. The number of nitrogens with one attached hydrogen (secondary N) is 2. The molecule has 1 aromatic carbocycles. The maximum atomic E-state index is 12.7. The van der Waals surface area contributed by atoms with Crippen molar-refractivity contribution in [1.82, 2.24) is 15.8 Å². The summed E-state index contributed by atoms with van der Waals surface area (Å²) in [6, 6.07) is 8.93. The van der Waals surface area contributed by atoms with Crippen molar-refractivity contribution in [2.75, 3.05) is 6.61 Å². The number of hydrogen-bond donors (Lipinski definition) is 2. The minimum absolute atomic E-state index is 0.276. The molecule has 3 rings (SSSR count). The normalized spacial score (nSPS) is 21.6. The average molecular weight is 415 g/mol. The van der Waals surface area contributed by atoms with Crippen molar-refractivity contribution in [1.29, 1.82) is 0 Å². The quantitative estimate of drug-likeness (QED) is 0.476. The van der Waals surface area contributed by atoms with Crippen LogP contribution >= 0.6 is 0 Å². The number of ether oxygens (including phenoxy) is 1. The Morgan fingerprint density at radius 3 is 2.60 bits per heavy atom. The molecule has 1 atom stereocenters. The number of esters is 1. The number of urea groups is 1. The monoisotopic (exact) mass is 415 g/mol. The summed E-state index contributed by atoms with van der Waals surface area (Å²) in [5.74, 6) is -1.14. The molecule has 8 heteroatoms. The van der Waals surface area contributed by atoms with Crippen LogP contribution in [-0.4, -0.2) is 41.0 Å². The summed E-state index contributed by atoms with van der Waals surface area (Å²) in [4.78, 5) is 48.8. The Bertz CT molecular complexity index is 791. The first-order valence-electron chi connectivity index (χ1n) is 10.5. The Morgan fingerprint density at radius 1 is 1.20 bits per heavy atom. The second-order valence-corrected chi connectivity index (χ2v) is 8.27. The first-order chi connectivity index (χ1) is 14.4. The lowest BCUT2D eigenvalue weighted by Crippen LogP contribution is -2.50. The van der Waals surface area contributed by atoms with E-state index in [0.717, 1.165) is 24.8 Å². The van der Waals surface area contributed by atoms with E-state index in [1.807, 2.05) is 30.3 Å². The van der Waals surface area contributed by atoms with Gasteiger partial charge in [-0.2, -0.15) is 5.01 Å². The van der Waals surface area contributed by atoms with Crippen LogP contribution in [0.3, 0.4) is 0 Å². The molecule has 0 radical (unpaired) electrons. The third-order valence-corrected chi connectivity index (χ3v) is 5.85. The predicted octanol–water partition coefficient (Wildman–Crippen LogP) is 2.47. The molecule has 1 aromatic rings. The lowest BCUT2D eigenvalue weighted by molar-refractivity contribution is -0.150. The smallest absolute Gasteiger partial charge is 0.344 e. The van der Waals surface area contributed by atoms with Gasteiger partial charge < -0.3 is 10.1 Å². The maximum Gasteiger partial charge on any atom is 0.344 e. The Labute approximate surface area is 176 Å². The molecule has 30 heavy (non-hydrogen) atoms. The molecule has 1 saturated heterocycles. The molecule has 1 aliphatic carbocycles. The molecule has 4 amide bonds. The van der Waals surface area contributed by atoms with Crippen molar-refractivity contribution in [3.05, 3.63) is 35.9 Å². The first kappa shape index (κ1) is 21.8. The van der Waals surface area contributed by atoms with Gasteiger partial charge in [-0.3, -0.25) is 19.8 Å². The Kier molecular flexibility index (Phi) is 7.07. The Hall–Kier alpha value is -2.90. The van der Waals surface area contributed by atoms with Gasteiger partial charge in [0.05, 0.1) is 0 Å². The molecule has 8 nitrogen and oxygen atoms in total. The van der Waals surface area contributed by atoms with Gasteiger partial charge in [-0.15, -0.1) is 0 Å². The van der Waals surface area contributed by atoms with Crippen LogP contribution in [0.4, 0.5) is 4.79 Å². The van der Waals surface area contributed by atoms with Gasteiger partial charge in [-0.05, 0) is 37.7 Å². The molecule has 1 aliphatic heterocycles. The number of carbonyl (C=O) groups is 4. The fourth-order valence-corrected chi connectivity index (χ4v) is 3.99. The highest BCUT2D eigenvalue weighted by atomic mass is 16.5. The van der Waals surface area contributed by atoms with Crippen LogP contribution in [0, 0.1) is 5.92 Å². The van der Waals surface area contributed by atoms with Gasteiger partial charge in [-0.25, -0.2) is 4.79 Å². The van der Waals surface area contributed by atoms with Gasteiger partial charge in [0.25, 0.3) is 11.8 Å². The first-order valence-corrected chi connectivity index (χ1v) is 10.5. The minimum atomic E-state index is -1.11. The van der Waals surface area contributed by atoms with Crippen molar-refractivity contribution in [2.45, 2.75) is 63.8 Å². The van der Waals surface area contributed by atoms with Gasteiger partial charge in [-0.1, -0.05) is 56.0 Å². The fraction of sp³-hybridized carbons (Fsp3) is 0.545. The lowest BCUT2D eigenvalue weighted by Gasteiger charge is -2.21. The predicted molar refractivity (Wildman–Crippen MR) is 109 cm³/mol. The molecule has 0 aromatic heterocycles. The zero-order chi connectivity index (χ0) is 21.6. The highest BCUT2D eigenvalue weighted by molar-refractivity contribution is 6.07. The number of amides is 4. The van der Waals surface area contributed by atoms with Crippen molar-refractivity contribution in [2.24, 2.45) is 5.92 Å². The summed E-state index contributed by atoms with van der Waals surface area (Å²) in [5.41, 5.74) is 2.18. The summed E-state index contributed by atoms with van der Waals surface area (Å²) in [6.45, 7) is 1.10. The topological polar surface area (TPSA) is 105 Å². The molecule has 2 N–H and O–H groups in total. The number of nitrogens with zero attached hydrogens (tertiary/aromatic N) is 1. The van der Waals surface area contributed by atoms with Crippen LogP contribution in [0.15, 0.2) is 30.3 Å². The lowest BCUT2D eigenvalue weighted by atomic mass is 9.93. The number of aryl methyl sites for hydroxylation is 1. The molecule has 0 spiro atoms. The van der Waals surface area contributed by atoms with E-state index in [4.69, 9.17) is 4.74 Å². The molecule has 2 fully saturated rings. The third kappa shape index (κ3) is 5.58. The van der Waals surface area contributed by atoms with Crippen LogP contribution in [0.5, 0.6) is 0 Å². The molecular formula is C22H29N3O5. The summed E-state index contributed by atoms with van der Waals surface area (Å²) in [7, 11) is 0. The van der Waals surface area contributed by atoms with Crippen LogP contribution in [-0.2, 0) is 25.5 Å². The van der Waals surface area contributed by atoms with E-state index in [0.29, 0.717) is 23.8 Å². The Morgan fingerprint density at radius 2 is 1.90 bits per heavy atom. The molecular weight excluding hydrogens is 386 g/mol. The fourth-order valence-electron chi connectivity index (χ4n) is 3.99. The standard InChI is InChI=1S/C22H29N3O5/c1-22(14-13-17-7-3-2-4-8-17)20(28)25(21(29)23-22)24-18(26)15-30-19(27)12-11-16-9-5-6-10-16/h2-4,7-8,16H,5-6,9-15H2,1H3,(H,23,29)(H,24,26)/t22-/m1/s1. The molecule has 2 aliphatic rings. The van der Waals surface area contributed by atoms with Crippen LogP contribution in [0.25, 0.3) is 0 Å². The van der Waals surface area contributed by atoms with Crippen molar-refractivity contribution in [3.8, 4) is 0 Å². The summed E-state index contributed by atoms with van der Waals surface area (Å²) in [5, 5.41) is 3.30. The number of carbonyl (C=O) groups excluding carboxylic acids is 4. The zero-order valence-electron chi connectivity index (χ0n) is 17.3. The minimum Gasteiger partial charge on any atom is -0.455 e. The van der Waals surface area contributed by atoms with E-state index in [-0.39, 0.29) is 6.42 Å². The van der Waals surface area contributed by atoms with Crippen molar-refractivity contribution >= 4 is 23.8 Å². The van der Waals surface area contributed by atoms with Gasteiger partial charge in [0, 0.05) is 6.42 Å². The SMILES string of the molecule is C[C@]1(CCc2ccccc2)NC(=O)N(NC(=O)COC(=O)CCC2CCCC2)C1=O. The van der Waals surface area contributed by atoms with E-state index in [1.54, 1.807) is 6.92 Å². The molecule has 0 bridgehead atoms. The highest BCUT2D eigenvalue weighted by Crippen LogP contribution is 2.28. The number of rotatable bonds is 9. The Balaban J connectivity index is 1.43. The zero-order valence-corrected chi connectivity index (χ0v) is 17.3. The molecule has 162 valence electrons. The molecule has 0 unspecified atom stereocenters. The van der Waals surface area contributed by atoms with Gasteiger partial charge in [0.2, 0.25) is 0 Å². The summed E-state index contributed by atoms with van der Waals surface area (Å²) >= 11 is 0. The number of hydrazine groups is 1. The van der Waals surface area contributed by atoms with E-state index < -0.39 is 36.0 Å². The maximum absolute atomic E-state index is 12.7. The van der Waals surface area contributed by atoms with Crippen molar-refractivity contribution in [3.63, 3.8) is 0 Å². The van der Waals surface area contributed by atoms with E-state index in [9.17, 15) is 19.2 Å². The van der Waals surface area contributed by atoms with E-state index in [2.05, 4.69) is 10.7 Å². The van der Waals surface area contributed by atoms with E-state index >= 15 is 0 Å². The largest absolute Gasteiger partial charge is 0.455 e. The number of benzene rings is 1. The number of imide groups is 1. The molecule has 1 saturated carbocycles. The average Bonchev–Trinajstić information content (AvgIpc) is 3.33. The van der Waals surface area contributed by atoms with E-state index in [1.165, 1.54) is 12.8 Å². The second-order valence-electron chi connectivity index (χ2n) is 8.27. The molecule has 1 heterocycles. The third-order valence-electron chi connectivity index (χ3n) is 5.85. The summed E-state index contributed by atoms with van der Waals surface area (Å²) in [6.07, 6.45) is 6.74. The second kappa shape index (κ2) is 9.73. The summed E-state index contributed by atoms with van der Waals surface area (Å²) < 4.78 is 4.98. The van der Waals surface area contributed by atoms with Gasteiger partial charge in [0.15, 0.2) is 6.61 Å². The van der Waals surface area contributed by atoms with Crippen molar-refractivity contribution < 1.29 is 23.9 Å². The van der Waals surface area contributed by atoms with Gasteiger partial charge >= 0.3 is 12.0 Å². The van der Waals surface area contributed by atoms with Crippen LogP contribution in [0.1, 0.15) is 57.4 Å². The van der Waals surface area contributed by atoms with Crippen LogP contribution < -0.4 is 10.7 Å².